The number of halogens is 2. The van der Waals surface area contributed by atoms with Crippen molar-refractivity contribution in [2.75, 3.05) is 12.3 Å². The molecule has 0 aliphatic heterocycles. The quantitative estimate of drug-likeness (QED) is 0.489. The summed E-state index contributed by atoms with van der Waals surface area (Å²) < 4.78 is 0. The predicted octanol–water partition coefficient (Wildman–Crippen LogP) is 5.42. The molecular formula is C22H26Cl2N2O2S. The molecule has 4 nitrogen and oxygen atoms in total. The minimum atomic E-state index is -0.578. The second-order valence-electron chi connectivity index (χ2n) is 6.65. The first-order chi connectivity index (χ1) is 13.9. The van der Waals surface area contributed by atoms with Crippen LogP contribution in [0.15, 0.2) is 53.4 Å². The van der Waals surface area contributed by atoms with Gasteiger partial charge in [-0.15, -0.1) is 11.8 Å². The summed E-state index contributed by atoms with van der Waals surface area (Å²) in [5.74, 6) is 0.416. The summed E-state index contributed by atoms with van der Waals surface area (Å²) in [5.41, 5.74) is 0.832. The van der Waals surface area contributed by atoms with Crippen molar-refractivity contribution >= 4 is 46.8 Å². The molecule has 1 N–H and O–H groups in total. The van der Waals surface area contributed by atoms with Crippen molar-refractivity contribution < 1.29 is 9.59 Å². The lowest BCUT2D eigenvalue weighted by atomic mass is 10.1. The molecule has 0 aliphatic rings. The SMILES string of the molecule is CCCNC(=O)C(C)N(Cc1ccc(Cl)c(Cl)c1)C(=O)CCSc1ccccc1. The van der Waals surface area contributed by atoms with Gasteiger partial charge in [0, 0.05) is 30.2 Å². The Kier molecular flexibility index (Phi) is 9.85. The molecule has 1 atom stereocenters. The van der Waals surface area contributed by atoms with Gasteiger partial charge in [-0.25, -0.2) is 0 Å². The highest BCUT2D eigenvalue weighted by Gasteiger charge is 2.25. The van der Waals surface area contributed by atoms with Crippen molar-refractivity contribution in [3.05, 3.63) is 64.1 Å². The molecule has 2 amide bonds. The average Bonchev–Trinajstić information content (AvgIpc) is 2.72. The van der Waals surface area contributed by atoms with E-state index in [1.807, 2.05) is 43.3 Å². The van der Waals surface area contributed by atoms with Gasteiger partial charge in [-0.05, 0) is 43.2 Å². The molecule has 0 aromatic heterocycles. The topological polar surface area (TPSA) is 49.4 Å². The van der Waals surface area contributed by atoms with Crippen LogP contribution in [0.4, 0.5) is 0 Å². The number of nitrogens with one attached hydrogen (secondary N) is 1. The number of hydrogen-bond acceptors (Lipinski definition) is 3. The van der Waals surface area contributed by atoms with Crippen LogP contribution in [-0.4, -0.2) is 35.1 Å². The fourth-order valence-electron chi connectivity index (χ4n) is 2.73. The maximum Gasteiger partial charge on any atom is 0.242 e. The molecule has 29 heavy (non-hydrogen) atoms. The van der Waals surface area contributed by atoms with E-state index in [0.717, 1.165) is 16.9 Å². The summed E-state index contributed by atoms with van der Waals surface area (Å²) in [4.78, 5) is 28.2. The number of benzene rings is 2. The molecule has 2 rings (SSSR count). The molecule has 0 heterocycles. The number of carbonyl (C=O) groups excluding carboxylic acids is 2. The van der Waals surface area contributed by atoms with Crippen molar-refractivity contribution in [2.45, 2.75) is 44.2 Å². The van der Waals surface area contributed by atoms with E-state index in [-0.39, 0.29) is 11.8 Å². The summed E-state index contributed by atoms with van der Waals surface area (Å²) in [6, 6.07) is 14.6. The van der Waals surface area contributed by atoms with E-state index in [4.69, 9.17) is 23.2 Å². The molecule has 0 saturated heterocycles. The van der Waals surface area contributed by atoms with Crippen molar-refractivity contribution in [1.82, 2.24) is 10.2 Å². The Morgan fingerprint density at radius 3 is 2.48 bits per heavy atom. The normalized spacial score (nSPS) is 11.7. The number of nitrogens with zero attached hydrogens (tertiary/aromatic N) is 1. The fraction of sp³-hybridized carbons (Fsp3) is 0.364. The smallest absolute Gasteiger partial charge is 0.242 e. The Labute approximate surface area is 187 Å². The van der Waals surface area contributed by atoms with Gasteiger partial charge < -0.3 is 10.2 Å². The van der Waals surface area contributed by atoms with Crippen LogP contribution >= 0.6 is 35.0 Å². The van der Waals surface area contributed by atoms with Crippen LogP contribution in [0.5, 0.6) is 0 Å². The van der Waals surface area contributed by atoms with E-state index in [1.54, 1.807) is 35.7 Å². The van der Waals surface area contributed by atoms with E-state index in [0.29, 0.717) is 35.3 Å². The number of hydrogen-bond donors (Lipinski definition) is 1. The minimum absolute atomic E-state index is 0.0707. The van der Waals surface area contributed by atoms with Gasteiger partial charge in [-0.2, -0.15) is 0 Å². The molecule has 0 aliphatic carbocycles. The van der Waals surface area contributed by atoms with Crippen molar-refractivity contribution in [3.8, 4) is 0 Å². The summed E-state index contributed by atoms with van der Waals surface area (Å²) in [5, 5.41) is 3.76. The zero-order chi connectivity index (χ0) is 21.2. The third kappa shape index (κ3) is 7.57. The Bertz CT molecular complexity index is 818. The first-order valence-corrected chi connectivity index (χ1v) is 11.4. The molecule has 156 valence electrons. The highest BCUT2D eigenvalue weighted by atomic mass is 35.5. The first kappa shape index (κ1) is 23.6. The number of carbonyl (C=O) groups is 2. The van der Waals surface area contributed by atoms with Gasteiger partial charge >= 0.3 is 0 Å². The zero-order valence-corrected chi connectivity index (χ0v) is 19.0. The maximum absolute atomic E-state index is 13.0. The summed E-state index contributed by atoms with van der Waals surface area (Å²) >= 11 is 13.7. The van der Waals surface area contributed by atoms with Crippen molar-refractivity contribution in [1.29, 1.82) is 0 Å². The molecule has 1 unspecified atom stereocenters. The second kappa shape index (κ2) is 12.1. The largest absolute Gasteiger partial charge is 0.354 e. The summed E-state index contributed by atoms with van der Waals surface area (Å²) in [6.07, 6.45) is 1.18. The van der Waals surface area contributed by atoms with E-state index in [9.17, 15) is 9.59 Å². The predicted molar refractivity (Wildman–Crippen MR) is 122 cm³/mol. The standard InChI is InChI=1S/C22H26Cl2N2O2S/c1-3-12-25-22(28)16(2)26(15-17-9-10-19(23)20(24)14-17)21(27)11-13-29-18-7-5-4-6-8-18/h4-10,14,16H,3,11-13,15H2,1-2H3,(H,25,28). The molecule has 7 heteroatoms. The molecule has 2 aromatic rings. The van der Waals surface area contributed by atoms with Gasteiger partial charge in [0.1, 0.15) is 6.04 Å². The van der Waals surface area contributed by atoms with E-state index >= 15 is 0 Å². The van der Waals surface area contributed by atoms with Gasteiger partial charge in [0.2, 0.25) is 11.8 Å². The molecule has 0 spiro atoms. The average molecular weight is 453 g/mol. The van der Waals surface area contributed by atoms with Gasteiger partial charge in [0.05, 0.1) is 10.0 Å². The minimum Gasteiger partial charge on any atom is -0.354 e. The molecular weight excluding hydrogens is 427 g/mol. The Balaban J connectivity index is 2.08. The Hall–Kier alpha value is -1.69. The monoisotopic (exact) mass is 452 g/mol. The number of amides is 2. The van der Waals surface area contributed by atoms with Crippen LogP contribution in [0.25, 0.3) is 0 Å². The highest BCUT2D eigenvalue weighted by molar-refractivity contribution is 7.99. The van der Waals surface area contributed by atoms with Gasteiger partial charge in [-0.3, -0.25) is 9.59 Å². The third-order valence-electron chi connectivity index (χ3n) is 4.38. The molecule has 0 saturated carbocycles. The Morgan fingerprint density at radius 1 is 1.10 bits per heavy atom. The molecule has 2 aromatic carbocycles. The van der Waals surface area contributed by atoms with Gasteiger partial charge in [-0.1, -0.05) is 54.4 Å². The first-order valence-electron chi connectivity index (χ1n) is 9.61. The maximum atomic E-state index is 13.0. The molecule has 0 fully saturated rings. The summed E-state index contributed by atoms with van der Waals surface area (Å²) in [6.45, 7) is 4.63. The summed E-state index contributed by atoms with van der Waals surface area (Å²) in [7, 11) is 0. The van der Waals surface area contributed by atoms with Crippen LogP contribution < -0.4 is 5.32 Å². The van der Waals surface area contributed by atoms with Crippen LogP contribution in [0.1, 0.15) is 32.3 Å². The lowest BCUT2D eigenvalue weighted by molar-refractivity contribution is -0.140. The third-order valence-corrected chi connectivity index (χ3v) is 6.13. The molecule has 0 radical (unpaired) electrons. The fourth-order valence-corrected chi connectivity index (χ4v) is 3.91. The van der Waals surface area contributed by atoms with Crippen LogP contribution in [0.3, 0.4) is 0 Å². The van der Waals surface area contributed by atoms with Gasteiger partial charge in [0.25, 0.3) is 0 Å². The van der Waals surface area contributed by atoms with E-state index in [1.165, 1.54) is 0 Å². The second-order valence-corrected chi connectivity index (χ2v) is 8.63. The lowest BCUT2D eigenvalue weighted by Gasteiger charge is -2.29. The lowest BCUT2D eigenvalue weighted by Crippen LogP contribution is -2.47. The van der Waals surface area contributed by atoms with Crippen LogP contribution in [-0.2, 0) is 16.1 Å². The van der Waals surface area contributed by atoms with Gasteiger partial charge in [0.15, 0.2) is 0 Å². The van der Waals surface area contributed by atoms with Crippen molar-refractivity contribution in [2.24, 2.45) is 0 Å². The number of thioether (sulfide) groups is 1. The van der Waals surface area contributed by atoms with Crippen LogP contribution in [0.2, 0.25) is 10.0 Å². The van der Waals surface area contributed by atoms with Crippen LogP contribution in [0, 0.1) is 0 Å². The Morgan fingerprint density at radius 2 is 1.83 bits per heavy atom. The van der Waals surface area contributed by atoms with E-state index in [2.05, 4.69) is 5.32 Å². The highest BCUT2D eigenvalue weighted by Crippen LogP contribution is 2.24. The molecule has 0 bridgehead atoms. The van der Waals surface area contributed by atoms with Crippen molar-refractivity contribution in [3.63, 3.8) is 0 Å². The van der Waals surface area contributed by atoms with E-state index < -0.39 is 6.04 Å². The zero-order valence-electron chi connectivity index (χ0n) is 16.7. The number of rotatable bonds is 10.